The maximum atomic E-state index is 3.79. The van der Waals surface area contributed by atoms with Crippen molar-refractivity contribution in [3.63, 3.8) is 0 Å². The molecule has 0 N–H and O–H groups in total. The summed E-state index contributed by atoms with van der Waals surface area (Å²) in [5.41, 5.74) is 3.89. The third kappa shape index (κ3) is 0.238. The normalized spacial score (nSPS) is 39.1. The van der Waals surface area contributed by atoms with Gasteiger partial charge in [0.2, 0.25) is 0 Å². The summed E-state index contributed by atoms with van der Waals surface area (Å²) in [5, 5.41) is 0. The molecule has 0 aromatic carbocycles. The van der Waals surface area contributed by atoms with Gasteiger partial charge in [-0.05, 0) is 12.8 Å². The summed E-state index contributed by atoms with van der Waals surface area (Å²) in [6.45, 7) is 6.01. The molecular formula is C8H10. The molecule has 0 aromatic rings. The maximum absolute atomic E-state index is 3.79. The number of fused-ring (bicyclic) bond motifs is 1. The van der Waals surface area contributed by atoms with Gasteiger partial charge in [0, 0.05) is 5.41 Å². The maximum Gasteiger partial charge on any atom is 0.0342 e. The van der Waals surface area contributed by atoms with Crippen LogP contribution in [-0.2, 0) is 0 Å². The monoisotopic (exact) mass is 106 g/mol. The molecule has 0 heteroatoms. The lowest BCUT2D eigenvalue weighted by Gasteiger charge is -1.96. The highest BCUT2D eigenvalue weighted by Crippen LogP contribution is 2.75. The first kappa shape index (κ1) is 4.37. The van der Waals surface area contributed by atoms with Crippen LogP contribution in [0.4, 0.5) is 0 Å². The first-order valence-corrected chi connectivity index (χ1v) is 3.21. The fourth-order valence-corrected chi connectivity index (χ4v) is 1.65. The highest BCUT2D eigenvalue weighted by Gasteiger charge is 2.63. The van der Waals surface area contributed by atoms with Crippen LogP contribution in [0.1, 0.15) is 19.8 Å². The minimum Gasteiger partial charge on any atom is -0.102 e. The van der Waals surface area contributed by atoms with Gasteiger partial charge in [-0.25, -0.2) is 0 Å². The lowest BCUT2D eigenvalue weighted by molar-refractivity contribution is 0.846. The summed E-state index contributed by atoms with van der Waals surface area (Å²) in [5.74, 6) is 0. The van der Waals surface area contributed by atoms with Gasteiger partial charge in [0.15, 0.2) is 0 Å². The van der Waals surface area contributed by atoms with E-state index in [0.29, 0.717) is 5.41 Å². The Balaban J connectivity index is 2.18. The summed E-state index contributed by atoms with van der Waals surface area (Å²) in [6, 6.07) is 0. The van der Waals surface area contributed by atoms with Gasteiger partial charge in [-0.15, -0.1) is 6.58 Å². The topological polar surface area (TPSA) is 0 Å². The van der Waals surface area contributed by atoms with E-state index in [1.807, 2.05) is 0 Å². The van der Waals surface area contributed by atoms with Crippen LogP contribution in [0.5, 0.6) is 0 Å². The summed E-state index contributed by atoms with van der Waals surface area (Å²) in [7, 11) is 0. The van der Waals surface area contributed by atoms with Gasteiger partial charge >= 0.3 is 0 Å². The molecule has 1 unspecified atom stereocenters. The Bertz CT molecular complexity index is 186. The second-order valence-corrected chi connectivity index (χ2v) is 2.66. The van der Waals surface area contributed by atoms with E-state index in [1.54, 1.807) is 11.1 Å². The van der Waals surface area contributed by atoms with E-state index >= 15 is 0 Å². The molecule has 0 radical (unpaired) electrons. The Morgan fingerprint density at radius 3 is 2.75 bits per heavy atom. The SMILES string of the molecule is C=CC12CC1=C2CC. The molecule has 0 bridgehead atoms. The molecule has 1 atom stereocenters. The van der Waals surface area contributed by atoms with Crippen LogP contribution in [-0.4, -0.2) is 0 Å². The predicted molar refractivity (Wildman–Crippen MR) is 34.6 cm³/mol. The second-order valence-electron chi connectivity index (χ2n) is 2.66. The molecule has 8 heavy (non-hydrogen) atoms. The molecule has 0 spiro atoms. The Morgan fingerprint density at radius 2 is 2.62 bits per heavy atom. The summed E-state index contributed by atoms with van der Waals surface area (Å²) in [4.78, 5) is 0. The number of allylic oxidation sites excluding steroid dienone is 3. The average Bonchev–Trinajstić information content (AvgIpc) is 2.51. The van der Waals surface area contributed by atoms with E-state index < -0.39 is 0 Å². The summed E-state index contributed by atoms with van der Waals surface area (Å²) < 4.78 is 0. The molecule has 0 heterocycles. The van der Waals surface area contributed by atoms with Gasteiger partial charge in [0.1, 0.15) is 0 Å². The molecule has 0 aromatic heterocycles. The van der Waals surface area contributed by atoms with Gasteiger partial charge in [-0.3, -0.25) is 0 Å². The smallest absolute Gasteiger partial charge is 0.0342 e. The Labute approximate surface area is 49.9 Å². The summed E-state index contributed by atoms with van der Waals surface area (Å²) in [6.07, 6.45) is 4.68. The Hall–Kier alpha value is -0.520. The first-order valence-electron chi connectivity index (χ1n) is 3.21. The van der Waals surface area contributed by atoms with Crippen molar-refractivity contribution in [1.82, 2.24) is 0 Å². The van der Waals surface area contributed by atoms with Crippen LogP contribution in [0.15, 0.2) is 23.8 Å². The van der Waals surface area contributed by atoms with Crippen molar-refractivity contribution in [3.05, 3.63) is 23.8 Å². The lowest BCUT2D eigenvalue weighted by Crippen LogP contribution is -1.84. The van der Waals surface area contributed by atoms with Crippen molar-refractivity contribution in [3.8, 4) is 0 Å². The lowest BCUT2D eigenvalue weighted by atomic mass is 10.1. The van der Waals surface area contributed by atoms with Crippen LogP contribution in [0.2, 0.25) is 0 Å². The van der Waals surface area contributed by atoms with Gasteiger partial charge in [0.05, 0.1) is 0 Å². The molecule has 2 aliphatic carbocycles. The van der Waals surface area contributed by atoms with E-state index in [-0.39, 0.29) is 0 Å². The van der Waals surface area contributed by atoms with Crippen LogP contribution in [0.3, 0.4) is 0 Å². The Kier molecular flexibility index (Phi) is 0.507. The molecule has 0 saturated heterocycles. The van der Waals surface area contributed by atoms with Crippen LogP contribution in [0, 0.1) is 5.41 Å². The van der Waals surface area contributed by atoms with Gasteiger partial charge in [-0.2, -0.15) is 0 Å². The number of rotatable bonds is 2. The van der Waals surface area contributed by atoms with Crippen molar-refractivity contribution in [1.29, 1.82) is 0 Å². The largest absolute Gasteiger partial charge is 0.102 e. The molecule has 1 fully saturated rings. The van der Waals surface area contributed by atoms with Crippen LogP contribution < -0.4 is 0 Å². The van der Waals surface area contributed by atoms with E-state index in [2.05, 4.69) is 19.6 Å². The van der Waals surface area contributed by atoms with Crippen molar-refractivity contribution >= 4 is 0 Å². The number of hydrogen-bond acceptors (Lipinski definition) is 0. The fraction of sp³-hybridized carbons (Fsp3) is 0.500. The Morgan fingerprint density at radius 1 is 1.88 bits per heavy atom. The third-order valence-corrected chi connectivity index (χ3v) is 2.41. The van der Waals surface area contributed by atoms with Crippen LogP contribution >= 0.6 is 0 Å². The predicted octanol–water partition coefficient (Wildman–Crippen LogP) is 2.28. The van der Waals surface area contributed by atoms with Gasteiger partial charge in [-0.1, -0.05) is 24.1 Å². The zero-order valence-electron chi connectivity index (χ0n) is 5.20. The quantitative estimate of drug-likeness (QED) is 0.474. The zero-order valence-corrected chi connectivity index (χ0v) is 5.20. The van der Waals surface area contributed by atoms with Crippen LogP contribution in [0.25, 0.3) is 0 Å². The van der Waals surface area contributed by atoms with E-state index in [4.69, 9.17) is 0 Å². The molecule has 0 amide bonds. The molecule has 1 saturated carbocycles. The molecule has 0 aliphatic heterocycles. The van der Waals surface area contributed by atoms with E-state index in [1.165, 1.54) is 12.8 Å². The van der Waals surface area contributed by atoms with E-state index in [9.17, 15) is 0 Å². The molecular weight excluding hydrogens is 96.1 g/mol. The molecule has 42 valence electrons. The number of hydrogen-bond donors (Lipinski definition) is 0. The zero-order chi connectivity index (χ0) is 5.78. The average molecular weight is 106 g/mol. The van der Waals surface area contributed by atoms with Crippen molar-refractivity contribution in [2.45, 2.75) is 19.8 Å². The molecule has 2 rings (SSSR count). The second kappa shape index (κ2) is 0.928. The minimum atomic E-state index is 0.523. The first-order chi connectivity index (χ1) is 3.85. The summed E-state index contributed by atoms with van der Waals surface area (Å²) >= 11 is 0. The van der Waals surface area contributed by atoms with E-state index in [0.717, 1.165) is 0 Å². The fourth-order valence-electron chi connectivity index (χ4n) is 1.65. The standard InChI is InChI=1S/C8H10/c1-3-6-7-5-8(6,7)4-2/h4H,2-3,5H2,1H3. The van der Waals surface area contributed by atoms with Crippen molar-refractivity contribution in [2.24, 2.45) is 5.41 Å². The molecule has 0 nitrogen and oxygen atoms in total. The van der Waals surface area contributed by atoms with Crippen molar-refractivity contribution in [2.75, 3.05) is 0 Å². The van der Waals surface area contributed by atoms with Gasteiger partial charge < -0.3 is 0 Å². The highest BCUT2D eigenvalue weighted by molar-refractivity contribution is 5.68. The third-order valence-electron chi connectivity index (χ3n) is 2.41. The molecule has 2 aliphatic rings. The highest BCUT2D eigenvalue weighted by atomic mass is 14.7. The van der Waals surface area contributed by atoms with Gasteiger partial charge in [0.25, 0.3) is 0 Å². The minimum absolute atomic E-state index is 0.523. The van der Waals surface area contributed by atoms with Crippen molar-refractivity contribution < 1.29 is 0 Å².